The van der Waals surface area contributed by atoms with Gasteiger partial charge < -0.3 is 10.6 Å². The van der Waals surface area contributed by atoms with Crippen molar-refractivity contribution in [3.63, 3.8) is 0 Å². The summed E-state index contributed by atoms with van der Waals surface area (Å²) in [5, 5.41) is 0. The summed E-state index contributed by atoms with van der Waals surface area (Å²) in [6.45, 7) is 7.07. The smallest absolute Gasteiger partial charge is 0.239 e. The number of nitrogens with two attached hydrogens (primary N) is 1. The SMILES string of the molecule is CC[C@H]1CCCCN1C(=O)[C@H](N)C(C)C. The number of nitrogens with zero attached hydrogens (tertiary/aromatic N) is 1. The van der Waals surface area contributed by atoms with E-state index >= 15 is 0 Å². The van der Waals surface area contributed by atoms with Crippen molar-refractivity contribution in [3.8, 4) is 0 Å². The largest absolute Gasteiger partial charge is 0.338 e. The van der Waals surface area contributed by atoms with E-state index in [1.807, 2.05) is 18.7 Å². The first-order valence-electron chi connectivity index (χ1n) is 6.14. The van der Waals surface area contributed by atoms with E-state index in [1.165, 1.54) is 6.42 Å². The molecule has 3 heteroatoms. The molecular formula is C12H24N2O. The van der Waals surface area contributed by atoms with Crippen LogP contribution >= 0.6 is 0 Å². The zero-order chi connectivity index (χ0) is 11.4. The molecule has 15 heavy (non-hydrogen) atoms. The summed E-state index contributed by atoms with van der Waals surface area (Å²) >= 11 is 0. The number of piperidine rings is 1. The van der Waals surface area contributed by atoms with E-state index in [2.05, 4.69) is 6.92 Å². The van der Waals surface area contributed by atoms with Crippen molar-refractivity contribution in [2.75, 3.05) is 6.54 Å². The summed E-state index contributed by atoms with van der Waals surface area (Å²) in [6, 6.07) is 0.105. The lowest BCUT2D eigenvalue weighted by atomic mass is 9.96. The Morgan fingerprint density at radius 3 is 2.67 bits per heavy atom. The van der Waals surface area contributed by atoms with E-state index in [-0.39, 0.29) is 17.9 Å². The summed E-state index contributed by atoms with van der Waals surface area (Å²) < 4.78 is 0. The molecule has 2 N–H and O–H groups in total. The second-order valence-corrected chi connectivity index (χ2v) is 4.86. The molecule has 0 aromatic rings. The van der Waals surface area contributed by atoms with Gasteiger partial charge in [-0.3, -0.25) is 4.79 Å². The molecule has 2 atom stereocenters. The lowest BCUT2D eigenvalue weighted by Gasteiger charge is -2.37. The van der Waals surface area contributed by atoms with Crippen LogP contribution in [0.2, 0.25) is 0 Å². The number of carbonyl (C=O) groups excluding carboxylic acids is 1. The molecule has 1 aliphatic rings. The van der Waals surface area contributed by atoms with Crippen LogP contribution in [0.25, 0.3) is 0 Å². The first-order chi connectivity index (χ1) is 7.07. The topological polar surface area (TPSA) is 46.3 Å². The van der Waals surface area contributed by atoms with E-state index in [0.29, 0.717) is 6.04 Å². The van der Waals surface area contributed by atoms with Crippen molar-refractivity contribution >= 4 is 5.91 Å². The van der Waals surface area contributed by atoms with Crippen molar-refractivity contribution in [2.24, 2.45) is 11.7 Å². The average molecular weight is 212 g/mol. The fourth-order valence-electron chi connectivity index (χ4n) is 2.19. The summed E-state index contributed by atoms with van der Waals surface area (Å²) in [4.78, 5) is 14.1. The Hall–Kier alpha value is -0.570. The minimum absolute atomic E-state index is 0.150. The van der Waals surface area contributed by atoms with Crippen LogP contribution in [-0.2, 0) is 4.79 Å². The lowest BCUT2D eigenvalue weighted by Crippen LogP contribution is -2.52. The van der Waals surface area contributed by atoms with Crippen LogP contribution in [0.15, 0.2) is 0 Å². The molecule has 0 bridgehead atoms. The van der Waals surface area contributed by atoms with E-state index < -0.39 is 0 Å². The fourth-order valence-corrected chi connectivity index (χ4v) is 2.19. The molecule has 1 amide bonds. The molecule has 0 aromatic heterocycles. The van der Waals surface area contributed by atoms with Gasteiger partial charge in [-0.25, -0.2) is 0 Å². The molecule has 0 spiro atoms. The maximum atomic E-state index is 12.1. The van der Waals surface area contributed by atoms with Gasteiger partial charge in [-0.05, 0) is 31.6 Å². The third kappa shape index (κ3) is 2.94. The van der Waals surface area contributed by atoms with Crippen LogP contribution in [0.4, 0.5) is 0 Å². The van der Waals surface area contributed by atoms with E-state index in [1.54, 1.807) is 0 Å². The Kier molecular flexibility index (Phi) is 4.58. The minimum Gasteiger partial charge on any atom is -0.338 e. The van der Waals surface area contributed by atoms with Crippen molar-refractivity contribution in [2.45, 2.75) is 58.5 Å². The van der Waals surface area contributed by atoms with Gasteiger partial charge in [0.05, 0.1) is 6.04 Å². The molecule has 0 aliphatic carbocycles. The van der Waals surface area contributed by atoms with Crippen molar-refractivity contribution < 1.29 is 4.79 Å². The first kappa shape index (κ1) is 12.5. The second kappa shape index (κ2) is 5.50. The highest BCUT2D eigenvalue weighted by atomic mass is 16.2. The van der Waals surface area contributed by atoms with Crippen LogP contribution in [0.3, 0.4) is 0 Å². The molecule has 0 saturated carbocycles. The highest BCUT2D eigenvalue weighted by Gasteiger charge is 2.29. The molecule has 1 fully saturated rings. The second-order valence-electron chi connectivity index (χ2n) is 4.86. The zero-order valence-corrected chi connectivity index (χ0v) is 10.2. The Bertz CT molecular complexity index is 216. The lowest BCUT2D eigenvalue weighted by molar-refractivity contribution is -0.137. The van der Waals surface area contributed by atoms with Crippen LogP contribution in [-0.4, -0.2) is 29.4 Å². The highest BCUT2D eigenvalue weighted by Crippen LogP contribution is 2.20. The van der Waals surface area contributed by atoms with Gasteiger partial charge in [0.15, 0.2) is 0 Å². The summed E-state index contributed by atoms with van der Waals surface area (Å²) in [5.74, 6) is 0.383. The Morgan fingerprint density at radius 2 is 2.13 bits per heavy atom. The summed E-state index contributed by atoms with van der Waals surface area (Å²) in [5.41, 5.74) is 5.92. The summed E-state index contributed by atoms with van der Waals surface area (Å²) in [6.07, 6.45) is 4.58. The van der Waals surface area contributed by atoms with Gasteiger partial charge in [0.25, 0.3) is 0 Å². The van der Waals surface area contributed by atoms with Crippen molar-refractivity contribution in [1.29, 1.82) is 0 Å². The van der Waals surface area contributed by atoms with Gasteiger partial charge in [-0.1, -0.05) is 20.8 Å². The van der Waals surface area contributed by atoms with E-state index in [4.69, 9.17) is 5.73 Å². The normalized spacial score (nSPS) is 24.3. The minimum atomic E-state index is -0.322. The monoisotopic (exact) mass is 212 g/mol. The molecular weight excluding hydrogens is 188 g/mol. The number of amides is 1. The van der Waals surface area contributed by atoms with Gasteiger partial charge in [0.2, 0.25) is 5.91 Å². The molecule has 88 valence electrons. The molecule has 1 saturated heterocycles. The summed E-state index contributed by atoms with van der Waals surface area (Å²) in [7, 11) is 0. The standard InChI is InChI=1S/C12H24N2O/c1-4-10-7-5-6-8-14(10)12(15)11(13)9(2)3/h9-11H,4-8,13H2,1-3H3/t10-,11+/m0/s1. The zero-order valence-electron chi connectivity index (χ0n) is 10.2. The van der Waals surface area contributed by atoms with E-state index in [0.717, 1.165) is 25.8 Å². The maximum absolute atomic E-state index is 12.1. The number of hydrogen-bond acceptors (Lipinski definition) is 2. The predicted molar refractivity (Wildman–Crippen MR) is 62.5 cm³/mol. The first-order valence-corrected chi connectivity index (χ1v) is 6.14. The Morgan fingerprint density at radius 1 is 1.47 bits per heavy atom. The fraction of sp³-hybridized carbons (Fsp3) is 0.917. The average Bonchev–Trinajstić information content (AvgIpc) is 2.26. The van der Waals surface area contributed by atoms with Gasteiger partial charge in [-0.15, -0.1) is 0 Å². The van der Waals surface area contributed by atoms with Crippen molar-refractivity contribution in [3.05, 3.63) is 0 Å². The van der Waals surface area contributed by atoms with Gasteiger partial charge in [0.1, 0.15) is 0 Å². The number of carbonyl (C=O) groups is 1. The predicted octanol–water partition coefficient (Wildman–Crippen LogP) is 1.76. The van der Waals surface area contributed by atoms with Crippen LogP contribution in [0.5, 0.6) is 0 Å². The Labute approximate surface area is 93.0 Å². The molecule has 1 aliphatic heterocycles. The highest BCUT2D eigenvalue weighted by molar-refractivity contribution is 5.82. The number of likely N-dealkylation sites (tertiary alicyclic amines) is 1. The van der Waals surface area contributed by atoms with Crippen LogP contribution in [0.1, 0.15) is 46.5 Å². The van der Waals surface area contributed by atoms with Gasteiger partial charge in [-0.2, -0.15) is 0 Å². The molecule has 1 heterocycles. The van der Waals surface area contributed by atoms with Crippen LogP contribution in [0, 0.1) is 5.92 Å². The number of hydrogen-bond donors (Lipinski definition) is 1. The maximum Gasteiger partial charge on any atom is 0.239 e. The molecule has 1 rings (SSSR count). The van der Waals surface area contributed by atoms with Crippen LogP contribution < -0.4 is 5.73 Å². The van der Waals surface area contributed by atoms with Gasteiger partial charge >= 0.3 is 0 Å². The molecule has 0 aromatic carbocycles. The third-order valence-corrected chi connectivity index (χ3v) is 3.38. The third-order valence-electron chi connectivity index (χ3n) is 3.38. The molecule has 3 nitrogen and oxygen atoms in total. The Balaban J connectivity index is 2.63. The quantitative estimate of drug-likeness (QED) is 0.775. The van der Waals surface area contributed by atoms with E-state index in [9.17, 15) is 4.79 Å². The molecule has 0 radical (unpaired) electrons. The van der Waals surface area contributed by atoms with Crippen molar-refractivity contribution in [1.82, 2.24) is 4.90 Å². The molecule has 0 unspecified atom stereocenters. The van der Waals surface area contributed by atoms with Gasteiger partial charge in [0, 0.05) is 12.6 Å². The number of rotatable bonds is 3.